The van der Waals surface area contributed by atoms with Crippen LogP contribution in [-0.2, 0) is 27.1 Å². The molecule has 5 nitrogen and oxygen atoms in total. The lowest BCUT2D eigenvalue weighted by molar-refractivity contribution is 0.407. The quantitative estimate of drug-likeness (QED) is 0.128. The summed E-state index contributed by atoms with van der Waals surface area (Å²) in [6.45, 7) is 46.2. The van der Waals surface area contributed by atoms with Gasteiger partial charge in [0.1, 0.15) is 26.6 Å². The Kier molecular flexibility index (Phi) is 26.0. The highest BCUT2D eigenvalue weighted by atomic mass is 79.9. The summed E-state index contributed by atoms with van der Waals surface area (Å²) in [6.07, 6.45) is 0. The third-order valence-corrected chi connectivity index (χ3v) is 12.8. The van der Waals surface area contributed by atoms with Gasteiger partial charge in [-0.1, -0.05) is 137 Å². The summed E-state index contributed by atoms with van der Waals surface area (Å²) in [5, 5.41) is 0. The monoisotopic (exact) mass is 1170 g/mol. The van der Waals surface area contributed by atoms with Crippen molar-refractivity contribution in [3.8, 4) is 16.9 Å². The molecule has 75 heavy (non-hydrogen) atoms. The van der Waals surface area contributed by atoms with Crippen LogP contribution in [0.1, 0.15) is 192 Å². The van der Waals surface area contributed by atoms with Gasteiger partial charge >= 0.3 is 0 Å². The maximum Gasteiger partial charge on any atom is 0.159 e. The molecule has 0 aliphatic carbocycles. The molecular formula is C63H89Br2F5N4O. The number of hydrogen-bond acceptors (Lipinski definition) is 5. The maximum atomic E-state index is 14.7. The smallest absolute Gasteiger partial charge is 0.159 e. The Morgan fingerprint density at radius 1 is 0.440 bits per heavy atom. The predicted octanol–water partition coefficient (Wildman–Crippen LogP) is 20.1. The van der Waals surface area contributed by atoms with Gasteiger partial charge in [0.25, 0.3) is 0 Å². The van der Waals surface area contributed by atoms with Crippen LogP contribution in [0.15, 0.2) is 63.8 Å². The van der Waals surface area contributed by atoms with Gasteiger partial charge < -0.3 is 4.74 Å². The summed E-state index contributed by atoms with van der Waals surface area (Å²) in [7, 11) is 1.70. The van der Waals surface area contributed by atoms with E-state index in [-0.39, 0.29) is 59.4 Å². The third-order valence-electron chi connectivity index (χ3n) is 11.9. The fourth-order valence-corrected chi connectivity index (χ4v) is 8.33. The lowest BCUT2D eigenvalue weighted by Gasteiger charge is -2.21. The highest BCUT2D eigenvalue weighted by Crippen LogP contribution is 2.35. The zero-order valence-corrected chi connectivity index (χ0v) is 51.2. The molecule has 0 amide bonds. The molecule has 0 spiro atoms. The van der Waals surface area contributed by atoms with E-state index in [1.165, 1.54) is 16.8 Å². The van der Waals surface area contributed by atoms with Gasteiger partial charge in [-0.15, -0.1) is 0 Å². The fraction of sp³-hybridized carbons (Fsp3) is 0.492. The molecule has 0 aliphatic rings. The third kappa shape index (κ3) is 20.1. The van der Waals surface area contributed by atoms with E-state index >= 15 is 0 Å². The van der Waals surface area contributed by atoms with Crippen molar-refractivity contribution in [2.75, 3.05) is 7.11 Å². The van der Waals surface area contributed by atoms with Crippen LogP contribution in [-0.4, -0.2) is 27.0 Å². The van der Waals surface area contributed by atoms with E-state index in [0.29, 0.717) is 43.7 Å². The lowest BCUT2D eigenvalue weighted by atomic mass is 9.84. The van der Waals surface area contributed by atoms with Crippen LogP contribution >= 0.6 is 31.9 Å². The largest absolute Gasteiger partial charge is 0.496 e. The minimum absolute atomic E-state index is 0. The van der Waals surface area contributed by atoms with E-state index in [1.54, 1.807) is 58.2 Å². The van der Waals surface area contributed by atoms with E-state index < -0.39 is 11.6 Å². The molecule has 4 heterocycles. The van der Waals surface area contributed by atoms with Crippen LogP contribution in [0, 0.1) is 84.5 Å². The van der Waals surface area contributed by atoms with Crippen LogP contribution in [0.3, 0.4) is 0 Å². The number of benzene rings is 2. The standard InChI is InChI=1S/C17H17F3.C12H19NO.C11H16BrN.C11H16FN.C10H13BrFN.2CH4/c1-10-8-14(18)15(19)9-12(10)11-6-5-7-13(16(11)20)17(2,3)4;1-8-9(2)13-11(12(3,4)5)7-10(8)14-6;1-7-6-9(12)13-10(8(7)2)11(3,4)5;1-7-6-8(2)13-10(9(7)12)11(3,4)5;1-6-5-7(10(2,3)4)13-9(11)8(6)12;;/h5-9H,1-4H3;7H,1-6H3;2*6H,1-5H3;5H,1-4H3;2*1H4. The molecule has 6 aromatic rings. The second-order valence-electron chi connectivity index (χ2n) is 23.8. The Bertz CT molecular complexity index is 2770. The Labute approximate surface area is 467 Å². The normalized spacial score (nSPS) is 11.5. The molecule has 0 saturated heterocycles. The van der Waals surface area contributed by atoms with Crippen molar-refractivity contribution in [1.82, 2.24) is 19.9 Å². The molecule has 0 aliphatic heterocycles. The van der Waals surface area contributed by atoms with Crippen molar-refractivity contribution in [2.24, 2.45) is 0 Å². The molecule has 0 radical (unpaired) electrons. The number of nitrogens with zero attached hydrogens (tertiary/aromatic N) is 4. The summed E-state index contributed by atoms with van der Waals surface area (Å²) >= 11 is 6.53. The van der Waals surface area contributed by atoms with E-state index in [0.717, 1.165) is 50.8 Å². The van der Waals surface area contributed by atoms with E-state index in [1.807, 2.05) is 68.4 Å². The Hall–Kier alpha value is -4.55. The molecule has 4 aromatic heterocycles. The number of ether oxygens (including phenoxy) is 1. The molecule has 0 N–H and O–H groups in total. The van der Waals surface area contributed by atoms with Crippen LogP contribution in [0.2, 0.25) is 0 Å². The maximum absolute atomic E-state index is 14.7. The molecule has 0 saturated carbocycles. The second-order valence-corrected chi connectivity index (χ2v) is 25.4. The average molecular weight is 1170 g/mol. The van der Waals surface area contributed by atoms with Crippen molar-refractivity contribution in [1.29, 1.82) is 0 Å². The van der Waals surface area contributed by atoms with Gasteiger partial charge in [-0.05, 0) is 162 Å². The first kappa shape index (κ1) is 70.5. The first-order valence-electron chi connectivity index (χ1n) is 24.4. The summed E-state index contributed by atoms with van der Waals surface area (Å²) in [4.78, 5) is 17.5. The Morgan fingerprint density at radius 3 is 1.40 bits per heavy atom. The van der Waals surface area contributed by atoms with Crippen LogP contribution in [0.25, 0.3) is 11.1 Å². The van der Waals surface area contributed by atoms with Gasteiger partial charge in [0.15, 0.2) is 17.5 Å². The first-order valence-corrected chi connectivity index (χ1v) is 26.0. The number of hydrogen-bond donors (Lipinski definition) is 0. The number of rotatable bonds is 2. The summed E-state index contributed by atoms with van der Waals surface area (Å²) in [5.41, 5.74) is 12.0. The fourth-order valence-electron chi connectivity index (χ4n) is 7.31. The number of aryl methyl sites for hydroxylation is 6. The van der Waals surface area contributed by atoms with Gasteiger partial charge in [0.2, 0.25) is 0 Å². The highest BCUT2D eigenvalue weighted by Gasteiger charge is 2.25. The average Bonchev–Trinajstić information content (AvgIpc) is 3.24. The molecule has 416 valence electrons. The lowest BCUT2D eigenvalue weighted by Crippen LogP contribution is -2.17. The van der Waals surface area contributed by atoms with Crippen molar-refractivity contribution < 1.29 is 26.7 Å². The zero-order valence-electron chi connectivity index (χ0n) is 48.0. The first-order chi connectivity index (χ1) is 33.0. The highest BCUT2D eigenvalue weighted by molar-refractivity contribution is 9.10. The van der Waals surface area contributed by atoms with Crippen molar-refractivity contribution in [3.05, 3.63) is 166 Å². The van der Waals surface area contributed by atoms with E-state index in [9.17, 15) is 22.0 Å². The number of aromatic nitrogens is 4. The van der Waals surface area contributed by atoms with Crippen molar-refractivity contribution >= 4 is 31.9 Å². The van der Waals surface area contributed by atoms with Gasteiger partial charge in [-0.25, -0.2) is 31.9 Å². The van der Waals surface area contributed by atoms with Crippen molar-refractivity contribution in [2.45, 2.75) is 201 Å². The number of pyridine rings is 4. The molecule has 12 heteroatoms. The zero-order chi connectivity index (χ0) is 56.7. The van der Waals surface area contributed by atoms with Gasteiger partial charge in [0, 0.05) is 61.6 Å². The molecular weight excluding hydrogens is 1080 g/mol. The Morgan fingerprint density at radius 2 is 0.933 bits per heavy atom. The molecule has 6 rings (SSSR count). The van der Waals surface area contributed by atoms with Gasteiger partial charge in [-0.3, -0.25) is 9.97 Å². The second kappa shape index (κ2) is 27.7. The summed E-state index contributed by atoms with van der Waals surface area (Å²) < 4.78 is 74.6. The molecule has 2 aromatic carbocycles. The van der Waals surface area contributed by atoms with Crippen LogP contribution < -0.4 is 4.74 Å². The topological polar surface area (TPSA) is 60.8 Å². The van der Waals surface area contributed by atoms with Crippen LogP contribution in [0.5, 0.6) is 5.75 Å². The minimum Gasteiger partial charge on any atom is -0.496 e. The Balaban J connectivity index is 0.000000918. The number of methoxy groups -OCH3 is 1. The molecule has 0 bridgehead atoms. The minimum atomic E-state index is -0.967. The van der Waals surface area contributed by atoms with E-state index in [4.69, 9.17) is 4.74 Å². The predicted molar refractivity (Wildman–Crippen MR) is 315 cm³/mol. The SMILES string of the molecule is C.C.COc1cc(C(C)(C)C)nc(C)c1C.Cc1cc(Br)nc(C(C)(C)C)c1C.Cc1cc(C(C)(C)C)nc(Br)c1F.Cc1cc(C)c(F)c(C(C)(C)C)n1.Cc1cc(F)c(F)cc1-c1cccc(C(C)(C)C)c1F. The van der Waals surface area contributed by atoms with E-state index in [2.05, 4.69) is 134 Å². The summed E-state index contributed by atoms with van der Waals surface area (Å²) in [6, 6.07) is 14.8. The van der Waals surface area contributed by atoms with Gasteiger partial charge in [-0.2, -0.15) is 0 Å². The van der Waals surface area contributed by atoms with Gasteiger partial charge in [0.05, 0.1) is 18.5 Å². The van der Waals surface area contributed by atoms with Crippen molar-refractivity contribution in [3.63, 3.8) is 0 Å². The molecule has 0 fully saturated rings. The number of halogens is 7. The molecule has 0 unspecified atom stereocenters. The summed E-state index contributed by atoms with van der Waals surface area (Å²) in [5.74, 6) is -1.77. The van der Waals surface area contributed by atoms with Crippen LogP contribution in [0.4, 0.5) is 22.0 Å². The molecule has 0 atom stereocenters.